The summed E-state index contributed by atoms with van der Waals surface area (Å²) in [5.41, 5.74) is 2.82. The van der Waals surface area contributed by atoms with Crippen molar-refractivity contribution in [2.24, 2.45) is 5.92 Å². The Bertz CT molecular complexity index is 656. The van der Waals surface area contributed by atoms with E-state index in [1.807, 2.05) is 12.1 Å². The van der Waals surface area contributed by atoms with Gasteiger partial charge in [0.15, 0.2) is 0 Å². The number of nitrogens with one attached hydrogen (secondary N) is 2. The van der Waals surface area contributed by atoms with E-state index in [4.69, 9.17) is 0 Å². The van der Waals surface area contributed by atoms with Crippen molar-refractivity contribution in [2.75, 3.05) is 5.32 Å². The van der Waals surface area contributed by atoms with Gasteiger partial charge in [-0.1, -0.05) is 26.8 Å². The molecular formula is C17H24N2O. The van der Waals surface area contributed by atoms with Gasteiger partial charge in [-0.25, -0.2) is 0 Å². The van der Waals surface area contributed by atoms with Crippen molar-refractivity contribution in [1.82, 2.24) is 4.98 Å². The second kappa shape index (κ2) is 5.70. The molecule has 0 saturated carbocycles. The second-order valence-electron chi connectivity index (χ2n) is 6.19. The number of rotatable bonds is 4. The molecule has 0 aliphatic carbocycles. The third-order valence-corrected chi connectivity index (χ3v) is 3.82. The molecule has 0 saturated heterocycles. The van der Waals surface area contributed by atoms with Crippen LogP contribution in [0.3, 0.4) is 0 Å². The van der Waals surface area contributed by atoms with Crippen LogP contribution >= 0.6 is 0 Å². The van der Waals surface area contributed by atoms with Gasteiger partial charge in [0.25, 0.3) is 5.56 Å². The highest BCUT2D eigenvalue weighted by atomic mass is 16.1. The van der Waals surface area contributed by atoms with Crippen LogP contribution in [0.4, 0.5) is 5.69 Å². The van der Waals surface area contributed by atoms with E-state index in [2.05, 4.69) is 57.1 Å². The molecule has 1 atom stereocenters. The number of hydrogen-bond acceptors (Lipinski definition) is 2. The van der Waals surface area contributed by atoms with Crippen molar-refractivity contribution in [3.05, 3.63) is 40.2 Å². The fourth-order valence-electron chi connectivity index (χ4n) is 2.34. The van der Waals surface area contributed by atoms with E-state index in [1.165, 1.54) is 0 Å². The molecule has 1 aromatic carbocycles. The van der Waals surface area contributed by atoms with Crippen LogP contribution in [0.1, 0.15) is 46.1 Å². The van der Waals surface area contributed by atoms with Crippen LogP contribution in [0.15, 0.2) is 29.1 Å². The number of fused-ring (bicyclic) bond motifs is 1. The lowest BCUT2D eigenvalue weighted by molar-refractivity contribution is 0.531. The molecule has 0 bridgehead atoms. The Labute approximate surface area is 120 Å². The summed E-state index contributed by atoms with van der Waals surface area (Å²) in [6, 6.07) is 8.52. The fourth-order valence-corrected chi connectivity index (χ4v) is 2.34. The van der Waals surface area contributed by atoms with Gasteiger partial charge < -0.3 is 10.3 Å². The average molecular weight is 272 g/mol. The number of aromatic amines is 1. The molecule has 0 aliphatic heterocycles. The van der Waals surface area contributed by atoms with Crippen molar-refractivity contribution in [2.45, 2.75) is 46.6 Å². The molecule has 1 aromatic heterocycles. The van der Waals surface area contributed by atoms with Gasteiger partial charge in [-0.05, 0) is 49.3 Å². The van der Waals surface area contributed by atoms with Gasteiger partial charge in [0, 0.05) is 17.3 Å². The summed E-state index contributed by atoms with van der Waals surface area (Å²) in [6.45, 7) is 10.6. The first-order valence-electron chi connectivity index (χ1n) is 7.32. The molecule has 1 unspecified atom stereocenters. The van der Waals surface area contributed by atoms with Crippen LogP contribution in [0, 0.1) is 5.92 Å². The normalized spacial score (nSPS) is 13.2. The first-order chi connectivity index (χ1) is 9.38. The first kappa shape index (κ1) is 14.6. The lowest BCUT2D eigenvalue weighted by Crippen LogP contribution is -2.17. The number of anilines is 1. The van der Waals surface area contributed by atoms with Crippen molar-refractivity contribution in [3.8, 4) is 0 Å². The Morgan fingerprint density at radius 1 is 1.05 bits per heavy atom. The minimum atomic E-state index is 0.0281. The van der Waals surface area contributed by atoms with Gasteiger partial charge in [-0.2, -0.15) is 0 Å². The molecule has 0 radical (unpaired) electrons. The smallest absolute Gasteiger partial charge is 0.251 e. The van der Waals surface area contributed by atoms with E-state index >= 15 is 0 Å². The predicted octanol–water partition coefficient (Wildman–Crippen LogP) is 4.11. The third kappa shape index (κ3) is 3.03. The van der Waals surface area contributed by atoms with E-state index in [0.717, 1.165) is 22.2 Å². The minimum absolute atomic E-state index is 0.0281. The quantitative estimate of drug-likeness (QED) is 0.879. The van der Waals surface area contributed by atoms with Gasteiger partial charge in [0.1, 0.15) is 0 Å². The Hall–Kier alpha value is -1.77. The molecule has 20 heavy (non-hydrogen) atoms. The molecule has 3 nitrogen and oxygen atoms in total. The van der Waals surface area contributed by atoms with Gasteiger partial charge in [0.05, 0.1) is 5.52 Å². The Morgan fingerprint density at radius 2 is 1.75 bits per heavy atom. The number of H-pyrrole nitrogens is 1. The minimum Gasteiger partial charge on any atom is -0.383 e. The average Bonchev–Trinajstić information content (AvgIpc) is 2.36. The summed E-state index contributed by atoms with van der Waals surface area (Å²) in [5.74, 6) is 0.715. The summed E-state index contributed by atoms with van der Waals surface area (Å²) >= 11 is 0. The zero-order valence-corrected chi connectivity index (χ0v) is 12.9. The van der Waals surface area contributed by atoms with Crippen molar-refractivity contribution >= 4 is 16.6 Å². The molecule has 2 N–H and O–H groups in total. The molecule has 0 amide bonds. The molecule has 0 aliphatic rings. The number of pyridine rings is 1. The summed E-state index contributed by atoms with van der Waals surface area (Å²) in [4.78, 5) is 15.2. The summed E-state index contributed by atoms with van der Waals surface area (Å²) in [5, 5.41) is 4.43. The maximum absolute atomic E-state index is 12.2. The van der Waals surface area contributed by atoms with Crippen molar-refractivity contribution in [1.29, 1.82) is 0 Å². The van der Waals surface area contributed by atoms with Gasteiger partial charge in [0.2, 0.25) is 0 Å². The predicted molar refractivity (Wildman–Crippen MR) is 86.6 cm³/mol. The zero-order valence-electron chi connectivity index (χ0n) is 12.9. The maximum Gasteiger partial charge on any atom is 0.251 e. The SMILES string of the molecule is CC(C)Nc1ccc2cc(C(C)C(C)C)c(=O)[nH]c2c1. The highest BCUT2D eigenvalue weighted by molar-refractivity contribution is 5.82. The van der Waals surface area contributed by atoms with Gasteiger partial charge >= 0.3 is 0 Å². The van der Waals surface area contributed by atoms with Gasteiger partial charge in [-0.3, -0.25) is 4.79 Å². The van der Waals surface area contributed by atoms with Gasteiger partial charge in [-0.15, -0.1) is 0 Å². The highest BCUT2D eigenvalue weighted by Gasteiger charge is 2.14. The van der Waals surface area contributed by atoms with Crippen LogP contribution in [0.5, 0.6) is 0 Å². The zero-order chi connectivity index (χ0) is 14.9. The molecule has 2 rings (SSSR count). The number of benzene rings is 1. The van der Waals surface area contributed by atoms with Crippen LogP contribution in [-0.2, 0) is 0 Å². The second-order valence-corrected chi connectivity index (χ2v) is 6.19. The topological polar surface area (TPSA) is 44.9 Å². The van der Waals surface area contributed by atoms with E-state index in [-0.39, 0.29) is 11.5 Å². The monoisotopic (exact) mass is 272 g/mol. The first-order valence-corrected chi connectivity index (χ1v) is 7.32. The molecule has 3 heteroatoms. The third-order valence-electron chi connectivity index (χ3n) is 3.82. The van der Waals surface area contributed by atoms with Crippen LogP contribution < -0.4 is 10.9 Å². The fraction of sp³-hybridized carbons (Fsp3) is 0.471. The molecular weight excluding hydrogens is 248 g/mol. The number of hydrogen-bond donors (Lipinski definition) is 2. The largest absolute Gasteiger partial charge is 0.383 e. The van der Waals surface area contributed by atoms with Crippen LogP contribution in [-0.4, -0.2) is 11.0 Å². The highest BCUT2D eigenvalue weighted by Crippen LogP contribution is 2.24. The lowest BCUT2D eigenvalue weighted by atomic mass is 9.90. The summed E-state index contributed by atoms with van der Waals surface area (Å²) in [7, 11) is 0. The van der Waals surface area contributed by atoms with E-state index in [0.29, 0.717) is 12.0 Å². The Balaban J connectivity index is 2.48. The Morgan fingerprint density at radius 3 is 2.35 bits per heavy atom. The standard InChI is InChI=1S/C17H24N2O/c1-10(2)12(5)15-8-13-6-7-14(18-11(3)4)9-16(13)19-17(15)20/h6-12,18H,1-5H3,(H,19,20). The molecule has 1 heterocycles. The van der Waals surface area contributed by atoms with Crippen molar-refractivity contribution in [3.63, 3.8) is 0 Å². The lowest BCUT2D eigenvalue weighted by Gasteiger charge is -2.16. The molecule has 2 aromatic rings. The van der Waals surface area contributed by atoms with Crippen LogP contribution in [0.2, 0.25) is 0 Å². The maximum atomic E-state index is 12.2. The molecule has 108 valence electrons. The summed E-state index contributed by atoms with van der Waals surface area (Å²) in [6.07, 6.45) is 0. The van der Waals surface area contributed by atoms with E-state index in [9.17, 15) is 4.79 Å². The van der Waals surface area contributed by atoms with Crippen molar-refractivity contribution < 1.29 is 0 Å². The summed E-state index contributed by atoms with van der Waals surface area (Å²) < 4.78 is 0. The van der Waals surface area contributed by atoms with E-state index < -0.39 is 0 Å². The number of aromatic nitrogens is 1. The molecule has 0 spiro atoms. The van der Waals surface area contributed by atoms with E-state index in [1.54, 1.807) is 0 Å². The Kier molecular flexibility index (Phi) is 4.17. The molecule has 0 fully saturated rings. The van der Waals surface area contributed by atoms with Crippen LogP contribution in [0.25, 0.3) is 10.9 Å².